The number of fused-ring (bicyclic) bond motifs is 2. The summed E-state index contributed by atoms with van der Waals surface area (Å²) in [5, 5.41) is 1.30. The van der Waals surface area contributed by atoms with Crippen LogP contribution in [0, 0.1) is 0 Å². The lowest BCUT2D eigenvalue weighted by molar-refractivity contribution is 0.647. The van der Waals surface area contributed by atoms with E-state index in [-0.39, 0.29) is 0 Å². The smallest absolute Gasteiger partial charge is 0.128 e. The Labute approximate surface area is 151 Å². The number of hydrogen-bond acceptors (Lipinski definition) is 5. The molecule has 0 radical (unpaired) electrons. The third-order valence-electron chi connectivity index (χ3n) is 5.10. The molecule has 1 aromatic carbocycles. The maximum Gasteiger partial charge on any atom is 0.128 e. The summed E-state index contributed by atoms with van der Waals surface area (Å²) in [4.78, 5) is 14.4. The highest BCUT2D eigenvalue weighted by atomic mass is 32.2. The molecule has 0 aliphatic carbocycles. The van der Waals surface area contributed by atoms with E-state index in [1.54, 1.807) is 0 Å². The zero-order valence-corrected chi connectivity index (χ0v) is 14.9. The number of rotatable bonds is 2. The zero-order valence-electron chi connectivity index (χ0n) is 14.1. The predicted molar refractivity (Wildman–Crippen MR) is 105 cm³/mol. The molecule has 2 aromatic heterocycles. The highest BCUT2D eigenvalue weighted by Crippen LogP contribution is 2.40. The van der Waals surface area contributed by atoms with Gasteiger partial charge in [-0.2, -0.15) is 11.8 Å². The molecule has 0 unspecified atom stereocenters. The first kappa shape index (κ1) is 15.0. The Balaban J connectivity index is 1.49. The molecule has 25 heavy (non-hydrogen) atoms. The summed E-state index contributed by atoms with van der Waals surface area (Å²) in [6.07, 6.45) is 1.88. The van der Waals surface area contributed by atoms with E-state index in [1.165, 1.54) is 22.3 Å². The van der Waals surface area contributed by atoms with Gasteiger partial charge in [-0.05, 0) is 18.2 Å². The van der Waals surface area contributed by atoms with Crippen molar-refractivity contribution in [1.82, 2.24) is 9.97 Å². The molecule has 0 spiro atoms. The Morgan fingerprint density at radius 1 is 0.840 bits per heavy atom. The monoisotopic (exact) mass is 348 g/mol. The van der Waals surface area contributed by atoms with E-state index >= 15 is 0 Å². The van der Waals surface area contributed by atoms with Crippen LogP contribution >= 0.6 is 11.8 Å². The van der Waals surface area contributed by atoms with Gasteiger partial charge in [0.25, 0.3) is 0 Å². The summed E-state index contributed by atoms with van der Waals surface area (Å²) in [7, 11) is 0. The Kier molecular flexibility index (Phi) is 3.74. The summed E-state index contributed by atoms with van der Waals surface area (Å²) in [6, 6.07) is 14.7. The molecule has 0 bridgehead atoms. The van der Waals surface area contributed by atoms with Crippen LogP contribution in [0.2, 0.25) is 0 Å². The van der Waals surface area contributed by atoms with Gasteiger partial charge in [-0.3, -0.25) is 4.98 Å². The largest absolute Gasteiger partial charge is 0.367 e. The standard InChI is InChI=1S/C20H20N4S/c1-2-6-17-15(5-1)20(16-13-25-14-18(16)22-17)24-11-9-23(10-12-24)19-7-3-4-8-21-19/h1-8H,9-14H2. The molecular weight excluding hydrogens is 328 g/mol. The van der Waals surface area contributed by atoms with E-state index in [2.05, 4.69) is 51.2 Å². The number of pyridine rings is 2. The molecule has 1 fully saturated rings. The van der Waals surface area contributed by atoms with Crippen molar-refractivity contribution in [2.75, 3.05) is 36.0 Å². The Hall–Kier alpha value is -2.27. The van der Waals surface area contributed by atoms with E-state index in [0.717, 1.165) is 49.0 Å². The average molecular weight is 348 g/mol. The van der Waals surface area contributed by atoms with Crippen molar-refractivity contribution in [3.63, 3.8) is 0 Å². The quantitative estimate of drug-likeness (QED) is 0.705. The molecular formula is C20H20N4S. The lowest BCUT2D eigenvalue weighted by Crippen LogP contribution is -2.47. The van der Waals surface area contributed by atoms with Gasteiger partial charge in [0.05, 0.1) is 16.9 Å². The SMILES string of the molecule is c1ccc(N2CCN(c3c4c(nc5ccccc35)CSC4)CC2)nc1. The maximum atomic E-state index is 4.91. The highest BCUT2D eigenvalue weighted by Gasteiger charge is 2.26. The van der Waals surface area contributed by atoms with Gasteiger partial charge >= 0.3 is 0 Å². The number of thioether (sulfide) groups is 1. The van der Waals surface area contributed by atoms with Gasteiger partial charge in [0.15, 0.2) is 0 Å². The number of para-hydroxylation sites is 1. The fourth-order valence-corrected chi connectivity index (χ4v) is 4.91. The lowest BCUT2D eigenvalue weighted by atomic mass is 10.1. The first-order valence-electron chi connectivity index (χ1n) is 8.79. The van der Waals surface area contributed by atoms with Crippen LogP contribution < -0.4 is 9.80 Å². The van der Waals surface area contributed by atoms with Crippen molar-refractivity contribution in [3.05, 3.63) is 59.9 Å². The Bertz CT molecular complexity index is 904. The van der Waals surface area contributed by atoms with Crippen LogP contribution in [0.15, 0.2) is 48.7 Å². The zero-order chi connectivity index (χ0) is 16.6. The second-order valence-electron chi connectivity index (χ2n) is 6.56. The summed E-state index contributed by atoms with van der Waals surface area (Å²) in [6.45, 7) is 4.08. The van der Waals surface area contributed by atoms with Gasteiger partial charge in [0, 0.05) is 54.8 Å². The fraction of sp³-hybridized carbons (Fsp3) is 0.300. The molecule has 1 saturated heterocycles. The van der Waals surface area contributed by atoms with Crippen molar-refractivity contribution in [3.8, 4) is 0 Å². The fourth-order valence-electron chi connectivity index (χ4n) is 3.87. The van der Waals surface area contributed by atoms with Gasteiger partial charge in [-0.25, -0.2) is 4.98 Å². The third-order valence-corrected chi connectivity index (χ3v) is 6.07. The molecule has 0 atom stereocenters. The summed E-state index contributed by atoms with van der Waals surface area (Å²) in [5.74, 6) is 3.21. The molecule has 5 heteroatoms. The van der Waals surface area contributed by atoms with E-state index in [9.17, 15) is 0 Å². The molecule has 0 N–H and O–H groups in total. The van der Waals surface area contributed by atoms with E-state index in [0.29, 0.717) is 0 Å². The molecule has 4 heterocycles. The van der Waals surface area contributed by atoms with Crippen LogP contribution in [0.3, 0.4) is 0 Å². The van der Waals surface area contributed by atoms with Gasteiger partial charge in [-0.1, -0.05) is 24.3 Å². The molecule has 5 rings (SSSR count). The van der Waals surface area contributed by atoms with Crippen molar-refractivity contribution in [1.29, 1.82) is 0 Å². The molecule has 0 amide bonds. The number of anilines is 2. The topological polar surface area (TPSA) is 32.3 Å². The molecule has 0 saturated carbocycles. The first-order chi connectivity index (χ1) is 12.4. The highest BCUT2D eigenvalue weighted by molar-refractivity contribution is 7.98. The first-order valence-corrected chi connectivity index (χ1v) is 9.95. The third kappa shape index (κ3) is 2.63. The van der Waals surface area contributed by atoms with Gasteiger partial charge in [0.1, 0.15) is 5.82 Å². The molecule has 2 aliphatic heterocycles. The molecule has 3 aromatic rings. The summed E-state index contributed by atoms with van der Waals surface area (Å²) in [5.41, 5.74) is 5.29. The maximum absolute atomic E-state index is 4.91. The van der Waals surface area contributed by atoms with Gasteiger partial charge in [0.2, 0.25) is 0 Å². The van der Waals surface area contributed by atoms with E-state index in [1.807, 2.05) is 24.0 Å². The number of benzene rings is 1. The number of piperazine rings is 1. The minimum atomic E-state index is 1.01. The number of hydrogen-bond donors (Lipinski definition) is 0. The Morgan fingerprint density at radius 3 is 2.48 bits per heavy atom. The van der Waals surface area contributed by atoms with Crippen molar-refractivity contribution >= 4 is 34.2 Å². The van der Waals surface area contributed by atoms with Crippen molar-refractivity contribution < 1.29 is 0 Å². The van der Waals surface area contributed by atoms with Crippen LogP contribution in [-0.4, -0.2) is 36.1 Å². The molecule has 2 aliphatic rings. The Morgan fingerprint density at radius 2 is 1.64 bits per heavy atom. The average Bonchev–Trinajstić information content (AvgIpc) is 3.15. The van der Waals surface area contributed by atoms with Crippen molar-refractivity contribution in [2.24, 2.45) is 0 Å². The van der Waals surface area contributed by atoms with E-state index < -0.39 is 0 Å². The number of nitrogens with zero attached hydrogens (tertiary/aromatic N) is 4. The second-order valence-corrected chi connectivity index (χ2v) is 7.54. The molecule has 4 nitrogen and oxygen atoms in total. The lowest BCUT2D eigenvalue weighted by Gasteiger charge is -2.38. The predicted octanol–water partition coefficient (Wildman–Crippen LogP) is 3.70. The van der Waals surface area contributed by atoms with Crippen molar-refractivity contribution in [2.45, 2.75) is 11.5 Å². The second kappa shape index (κ2) is 6.23. The minimum absolute atomic E-state index is 1.01. The van der Waals surface area contributed by atoms with E-state index in [4.69, 9.17) is 4.98 Å². The van der Waals surface area contributed by atoms with Crippen LogP contribution in [0.1, 0.15) is 11.3 Å². The van der Waals surface area contributed by atoms with Crippen LogP contribution in [0.25, 0.3) is 10.9 Å². The van der Waals surface area contributed by atoms with Crippen LogP contribution in [-0.2, 0) is 11.5 Å². The van der Waals surface area contributed by atoms with Crippen LogP contribution in [0.4, 0.5) is 11.5 Å². The minimum Gasteiger partial charge on any atom is -0.367 e. The summed E-state index contributed by atoms with van der Waals surface area (Å²) < 4.78 is 0. The normalized spacial score (nSPS) is 17.1. The molecule has 126 valence electrons. The number of aromatic nitrogens is 2. The van der Waals surface area contributed by atoms with Gasteiger partial charge in [-0.15, -0.1) is 0 Å². The summed E-state index contributed by atoms with van der Waals surface area (Å²) >= 11 is 1.98. The van der Waals surface area contributed by atoms with Gasteiger partial charge < -0.3 is 9.80 Å². The van der Waals surface area contributed by atoms with Crippen LogP contribution in [0.5, 0.6) is 0 Å².